The molecule has 2 aromatic heterocycles. The van der Waals surface area contributed by atoms with E-state index in [1.807, 2.05) is 47.4 Å². The number of imidazole rings is 1. The lowest BCUT2D eigenvalue weighted by molar-refractivity contribution is -0.136. The summed E-state index contributed by atoms with van der Waals surface area (Å²) in [6.45, 7) is 2.00. The van der Waals surface area contributed by atoms with E-state index in [4.69, 9.17) is 0 Å². The molecule has 154 valence electrons. The molecule has 2 aliphatic rings. The van der Waals surface area contributed by atoms with Gasteiger partial charge in [-0.15, -0.1) is 0 Å². The topological polar surface area (TPSA) is 82.2 Å². The Morgan fingerprint density at radius 1 is 1.00 bits per heavy atom. The van der Waals surface area contributed by atoms with Crippen LogP contribution in [0.1, 0.15) is 47.8 Å². The van der Waals surface area contributed by atoms with Gasteiger partial charge in [-0.25, -0.2) is 9.97 Å². The second-order valence-corrected chi connectivity index (χ2v) is 8.14. The van der Waals surface area contributed by atoms with Crippen LogP contribution < -0.4 is 0 Å². The molecule has 2 amide bonds. The largest absolute Gasteiger partial charge is 0.340 e. The Morgan fingerprint density at radius 3 is 2.67 bits per heavy atom. The second-order valence-electron chi connectivity index (χ2n) is 8.14. The molecule has 7 nitrogen and oxygen atoms in total. The first-order valence-corrected chi connectivity index (χ1v) is 10.7. The smallest absolute Gasteiger partial charge is 0.254 e. The van der Waals surface area contributed by atoms with Gasteiger partial charge in [-0.3, -0.25) is 9.59 Å². The standard InChI is InChI=1S/C23H25N5O2/c29-22(16-7-2-1-3-8-16)28-14-6-11-19(28)23(30)27-13-5-9-17(15-27)20-25-18-10-4-12-24-21(18)26-20/h1-4,7-8,10,12,17,19H,5-6,9,11,13-15H2,(H,24,25,26). The highest BCUT2D eigenvalue weighted by molar-refractivity contribution is 5.98. The van der Waals surface area contributed by atoms with Gasteiger partial charge in [0.25, 0.3) is 5.91 Å². The van der Waals surface area contributed by atoms with E-state index < -0.39 is 0 Å². The zero-order valence-corrected chi connectivity index (χ0v) is 16.8. The van der Waals surface area contributed by atoms with Crippen LogP contribution in [0.2, 0.25) is 0 Å². The van der Waals surface area contributed by atoms with Crippen LogP contribution in [0.25, 0.3) is 11.2 Å². The van der Waals surface area contributed by atoms with Gasteiger partial charge >= 0.3 is 0 Å². The minimum atomic E-state index is -0.367. The first kappa shape index (κ1) is 18.8. The zero-order chi connectivity index (χ0) is 20.5. The van der Waals surface area contributed by atoms with Gasteiger partial charge in [0, 0.05) is 37.3 Å². The summed E-state index contributed by atoms with van der Waals surface area (Å²) in [5, 5.41) is 0. The molecule has 2 unspecified atom stereocenters. The number of H-pyrrole nitrogens is 1. The number of aromatic nitrogens is 3. The number of carbonyl (C=O) groups is 2. The molecule has 2 aliphatic heterocycles. The third-order valence-corrected chi connectivity index (χ3v) is 6.21. The molecule has 3 aromatic rings. The molecule has 0 aliphatic carbocycles. The van der Waals surface area contributed by atoms with Gasteiger partial charge in [0.05, 0.1) is 5.52 Å². The van der Waals surface area contributed by atoms with Crippen molar-refractivity contribution in [2.75, 3.05) is 19.6 Å². The summed E-state index contributed by atoms with van der Waals surface area (Å²) in [6.07, 6.45) is 5.25. The molecule has 0 radical (unpaired) electrons. The lowest BCUT2D eigenvalue weighted by atomic mass is 9.96. The Morgan fingerprint density at radius 2 is 1.83 bits per heavy atom. The fraction of sp³-hybridized carbons (Fsp3) is 0.391. The summed E-state index contributed by atoms with van der Waals surface area (Å²) in [5.41, 5.74) is 2.28. The minimum Gasteiger partial charge on any atom is -0.340 e. The fourth-order valence-corrected chi connectivity index (χ4v) is 4.68. The number of aromatic amines is 1. The third-order valence-electron chi connectivity index (χ3n) is 6.21. The molecular weight excluding hydrogens is 378 g/mol. The van der Waals surface area contributed by atoms with Gasteiger partial charge in [-0.05, 0) is 49.9 Å². The van der Waals surface area contributed by atoms with Crippen LogP contribution in [0.15, 0.2) is 48.7 Å². The van der Waals surface area contributed by atoms with Crippen molar-refractivity contribution < 1.29 is 9.59 Å². The minimum absolute atomic E-state index is 0.0524. The molecule has 0 saturated carbocycles. The van der Waals surface area contributed by atoms with Crippen molar-refractivity contribution in [2.24, 2.45) is 0 Å². The summed E-state index contributed by atoms with van der Waals surface area (Å²) in [4.78, 5) is 42.3. The van der Waals surface area contributed by atoms with Gasteiger partial charge in [0.15, 0.2) is 5.65 Å². The third kappa shape index (κ3) is 3.44. The Kier molecular flexibility index (Phi) is 4.94. The number of amides is 2. The average molecular weight is 403 g/mol. The van der Waals surface area contributed by atoms with Crippen LogP contribution >= 0.6 is 0 Å². The molecular formula is C23H25N5O2. The van der Waals surface area contributed by atoms with Gasteiger partial charge < -0.3 is 14.8 Å². The Labute approximate surface area is 175 Å². The molecule has 30 heavy (non-hydrogen) atoms. The number of piperidine rings is 1. The number of hydrogen-bond donors (Lipinski definition) is 1. The molecule has 0 bridgehead atoms. The predicted molar refractivity (Wildman–Crippen MR) is 113 cm³/mol. The quantitative estimate of drug-likeness (QED) is 0.729. The molecule has 0 spiro atoms. The van der Waals surface area contributed by atoms with Crippen molar-refractivity contribution in [3.8, 4) is 0 Å². The van der Waals surface area contributed by atoms with Gasteiger partial charge in [0.2, 0.25) is 5.91 Å². The van der Waals surface area contributed by atoms with Crippen molar-refractivity contribution in [1.82, 2.24) is 24.8 Å². The van der Waals surface area contributed by atoms with Crippen molar-refractivity contribution in [3.63, 3.8) is 0 Å². The summed E-state index contributed by atoms with van der Waals surface area (Å²) < 4.78 is 0. The van der Waals surface area contributed by atoms with Gasteiger partial charge in [-0.2, -0.15) is 0 Å². The van der Waals surface area contributed by atoms with Crippen molar-refractivity contribution in [3.05, 3.63) is 60.0 Å². The summed E-state index contributed by atoms with van der Waals surface area (Å²) in [7, 11) is 0. The number of fused-ring (bicyclic) bond motifs is 1. The highest BCUT2D eigenvalue weighted by Crippen LogP contribution is 2.29. The Bertz CT molecular complexity index is 1030. The molecule has 1 N–H and O–H groups in total. The SMILES string of the molecule is O=C(C1CCCN1C(=O)c1ccccc1)N1CCCC(c2nc3ncccc3[nH]2)C1. The van der Waals surface area contributed by atoms with Gasteiger partial charge in [0.1, 0.15) is 11.9 Å². The van der Waals surface area contributed by atoms with Crippen LogP contribution in [0.5, 0.6) is 0 Å². The maximum Gasteiger partial charge on any atom is 0.254 e. The normalized spacial score (nSPS) is 21.9. The first-order valence-electron chi connectivity index (χ1n) is 10.7. The highest BCUT2D eigenvalue weighted by Gasteiger charge is 2.38. The summed E-state index contributed by atoms with van der Waals surface area (Å²) in [6, 6.07) is 12.7. The van der Waals surface area contributed by atoms with Crippen molar-refractivity contribution in [1.29, 1.82) is 0 Å². The number of carbonyl (C=O) groups excluding carboxylic acids is 2. The van der Waals surface area contributed by atoms with Crippen LogP contribution in [0, 0.1) is 0 Å². The number of nitrogens with one attached hydrogen (secondary N) is 1. The van der Waals surface area contributed by atoms with E-state index in [-0.39, 0.29) is 23.8 Å². The second kappa shape index (κ2) is 7.89. The fourth-order valence-electron chi connectivity index (χ4n) is 4.68. The number of rotatable bonds is 3. The van der Waals surface area contributed by atoms with E-state index in [2.05, 4.69) is 15.0 Å². The maximum atomic E-state index is 13.4. The summed E-state index contributed by atoms with van der Waals surface area (Å²) >= 11 is 0. The van der Waals surface area contributed by atoms with E-state index in [1.54, 1.807) is 11.1 Å². The Balaban J connectivity index is 1.32. The average Bonchev–Trinajstić information content (AvgIpc) is 3.46. The number of benzene rings is 1. The molecule has 7 heteroatoms. The number of pyridine rings is 1. The van der Waals surface area contributed by atoms with E-state index in [0.717, 1.165) is 43.6 Å². The molecule has 5 rings (SSSR count). The van der Waals surface area contributed by atoms with Crippen molar-refractivity contribution >= 4 is 23.0 Å². The molecule has 2 saturated heterocycles. The van der Waals surface area contributed by atoms with Gasteiger partial charge in [-0.1, -0.05) is 18.2 Å². The molecule has 1 aromatic carbocycles. The number of hydrogen-bond acceptors (Lipinski definition) is 4. The van der Waals surface area contributed by atoms with E-state index >= 15 is 0 Å². The molecule has 4 heterocycles. The monoisotopic (exact) mass is 403 g/mol. The lowest BCUT2D eigenvalue weighted by Gasteiger charge is -2.35. The van der Waals surface area contributed by atoms with Crippen LogP contribution in [-0.4, -0.2) is 62.2 Å². The van der Waals surface area contributed by atoms with E-state index in [0.29, 0.717) is 24.3 Å². The maximum absolute atomic E-state index is 13.4. The number of nitrogens with zero attached hydrogens (tertiary/aromatic N) is 4. The van der Waals surface area contributed by atoms with Crippen molar-refractivity contribution in [2.45, 2.75) is 37.6 Å². The predicted octanol–water partition coefficient (Wildman–Crippen LogP) is 2.97. The molecule has 2 fully saturated rings. The first-order chi connectivity index (χ1) is 14.7. The van der Waals surface area contributed by atoms with Crippen LogP contribution in [0.4, 0.5) is 0 Å². The van der Waals surface area contributed by atoms with Crippen LogP contribution in [-0.2, 0) is 4.79 Å². The molecule has 2 atom stereocenters. The Hall–Kier alpha value is -3.22. The van der Waals surface area contributed by atoms with E-state index in [1.165, 1.54) is 0 Å². The van der Waals surface area contributed by atoms with E-state index in [9.17, 15) is 9.59 Å². The van der Waals surface area contributed by atoms with Crippen LogP contribution in [0.3, 0.4) is 0 Å². The number of likely N-dealkylation sites (tertiary alicyclic amines) is 2. The zero-order valence-electron chi connectivity index (χ0n) is 16.8. The summed E-state index contributed by atoms with van der Waals surface area (Å²) in [5.74, 6) is 1.07. The highest BCUT2D eigenvalue weighted by atomic mass is 16.2. The lowest BCUT2D eigenvalue weighted by Crippen LogP contribution is -2.50.